The minimum absolute atomic E-state index is 0.0180. The van der Waals surface area contributed by atoms with Crippen LogP contribution in [0.25, 0.3) is 10.9 Å². The Balaban J connectivity index is 1.10. The monoisotopic (exact) mass is 511 g/mol. The summed E-state index contributed by atoms with van der Waals surface area (Å²) in [6.07, 6.45) is 9.54. The molecule has 4 saturated carbocycles. The van der Waals surface area contributed by atoms with Crippen LogP contribution in [0.4, 0.5) is 4.79 Å². The molecule has 1 aromatic heterocycles. The molecule has 6 nitrogen and oxygen atoms in total. The number of aromatic nitrogens is 1. The number of hydrogen-bond acceptors (Lipinski definition) is 3. The molecular formula is C32H37N3O3. The van der Waals surface area contributed by atoms with Gasteiger partial charge in [-0.25, -0.2) is 4.79 Å². The summed E-state index contributed by atoms with van der Waals surface area (Å²) in [6.45, 7) is 1.84. The zero-order valence-electron chi connectivity index (χ0n) is 22.0. The molecule has 3 aromatic rings. The first kappa shape index (κ1) is 23.8. The molecule has 1 atom stereocenters. The van der Waals surface area contributed by atoms with Gasteiger partial charge >= 0.3 is 6.09 Å². The van der Waals surface area contributed by atoms with E-state index < -0.39 is 11.6 Å². The van der Waals surface area contributed by atoms with E-state index in [0.29, 0.717) is 18.3 Å². The van der Waals surface area contributed by atoms with E-state index in [9.17, 15) is 9.59 Å². The third-order valence-electron chi connectivity index (χ3n) is 9.87. The van der Waals surface area contributed by atoms with Gasteiger partial charge in [-0.3, -0.25) is 4.79 Å². The molecule has 5 aliphatic rings. The Bertz CT molecular complexity index is 1330. The molecule has 2 aromatic carbocycles. The van der Waals surface area contributed by atoms with Gasteiger partial charge < -0.3 is 20.4 Å². The van der Waals surface area contributed by atoms with Crippen molar-refractivity contribution in [2.24, 2.45) is 23.7 Å². The maximum atomic E-state index is 13.9. The van der Waals surface area contributed by atoms with E-state index in [1.165, 1.54) is 43.2 Å². The van der Waals surface area contributed by atoms with Crippen molar-refractivity contribution in [1.29, 1.82) is 0 Å². The van der Waals surface area contributed by atoms with Crippen molar-refractivity contribution < 1.29 is 14.3 Å². The van der Waals surface area contributed by atoms with E-state index in [-0.39, 0.29) is 18.1 Å². The smallest absolute Gasteiger partial charge is 0.408 e. The van der Waals surface area contributed by atoms with Gasteiger partial charge in [-0.15, -0.1) is 0 Å². The van der Waals surface area contributed by atoms with Gasteiger partial charge in [0, 0.05) is 29.6 Å². The zero-order valence-corrected chi connectivity index (χ0v) is 22.0. The van der Waals surface area contributed by atoms with Crippen molar-refractivity contribution >= 4 is 22.9 Å². The highest BCUT2D eigenvalue weighted by Crippen LogP contribution is 2.54. The predicted molar refractivity (Wildman–Crippen MR) is 147 cm³/mol. The van der Waals surface area contributed by atoms with Gasteiger partial charge in [-0.05, 0) is 98.3 Å². The number of ether oxygens (including phenoxy) is 1. The topological polar surface area (TPSA) is 83.2 Å². The van der Waals surface area contributed by atoms with Crippen LogP contribution in [0, 0.1) is 23.7 Å². The van der Waals surface area contributed by atoms with Gasteiger partial charge in [0.05, 0.1) is 0 Å². The minimum Gasteiger partial charge on any atom is -0.446 e. The number of amides is 2. The van der Waals surface area contributed by atoms with Crippen LogP contribution < -0.4 is 10.6 Å². The highest BCUT2D eigenvalue weighted by Gasteiger charge is 2.50. The number of carbonyl (C=O) groups is 2. The van der Waals surface area contributed by atoms with Gasteiger partial charge in [0.15, 0.2) is 0 Å². The minimum atomic E-state index is -1.15. The Morgan fingerprint density at radius 2 is 1.55 bits per heavy atom. The molecule has 2 amide bonds. The molecule has 6 heteroatoms. The lowest BCUT2D eigenvalue weighted by molar-refractivity contribution is -0.128. The largest absolute Gasteiger partial charge is 0.446 e. The third kappa shape index (κ3) is 4.28. The molecule has 0 aliphatic heterocycles. The molecule has 198 valence electrons. The number of H-pyrrole nitrogens is 1. The van der Waals surface area contributed by atoms with Crippen molar-refractivity contribution in [3.05, 3.63) is 71.4 Å². The molecule has 38 heavy (non-hydrogen) atoms. The Morgan fingerprint density at radius 1 is 0.921 bits per heavy atom. The lowest BCUT2D eigenvalue weighted by Crippen LogP contribution is -2.61. The number of nitrogens with one attached hydrogen (secondary N) is 3. The summed E-state index contributed by atoms with van der Waals surface area (Å²) in [6, 6.07) is 16.5. The number of alkyl carbamates (subject to hydrolysis) is 1. The fourth-order valence-electron chi connectivity index (χ4n) is 8.29. The van der Waals surface area contributed by atoms with E-state index in [1.54, 1.807) is 0 Å². The maximum Gasteiger partial charge on any atom is 0.408 e. The van der Waals surface area contributed by atoms with Crippen LogP contribution in [0.5, 0.6) is 0 Å². The molecule has 4 bridgehead atoms. The van der Waals surface area contributed by atoms with Crippen LogP contribution in [-0.2, 0) is 28.8 Å². The average Bonchev–Trinajstić information content (AvgIpc) is 3.49. The lowest BCUT2D eigenvalue weighted by atomic mass is 9.55. The number of carbonyl (C=O) groups excluding carboxylic acids is 2. The summed E-state index contributed by atoms with van der Waals surface area (Å²) in [5.41, 5.74) is 3.44. The highest BCUT2D eigenvalue weighted by atomic mass is 16.6. The van der Waals surface area contributed by atoms with Crippen LogP contribution in [-0.4, -0.2) is 34.7 Å². The van der Waals surface area contributed by atoms with Crippen molar-refractivity contribution in [1.82, 2.24) is 15.6 Å². The summed E-state index contributed by atoms with van der Waals surface area (Å²) in [5.74, 6) is 2.41. The first-order valence-corrected chi connectivity index (χ1v) is 14.3. The Kier molecular flexibility index (Phi) is 5.75. The van der Waals surface area contributed by atoms with E-state index in [1.807, 2.05) is 43.5 Å². The van der Waals surface area contributed by atoms with Gasteiger partial charge in [0.25, 0.3) is 0 Å². The second-order valence-electron chi connectivity index (χ2n) is 12.6. The van der Waals surface area contributed by atoms with Crippen LogP contribution >= 0.6 is 0 Å². The quantitative estimate of drug-likeness (QED) is 0.420. The van der Waals surface area contributed by atoms with Gasteiger partial charge in [0.1, 0.15) is 11.6 Å². The van der Waals surface area contributed by atoms with Crippen LogP contribution in [0.3, 0.4) is 0 Å². The number of fused-ring (bicyclic) bond motifs is 2. The second kappa shape index (κ2) is 9.18. The van der Waals surface area contributed by atoms with Gasteiger partial charge in [0.2, 0.25) is 5.91 Å². The molecule has 1 unspecified atom stereocenters. The van der Waals surface area contributed by atoms with Gasteiger partial charge in [-0.2, -0.15) is 0 Å². The van der Waals surface area contributed by atoms with Gasteiger partial charge in [-0.1, -0.05) is 42.5 Å². The number of benzene rings is 2. The lowest BCUT2D eigenvalue weighted by Gasteiger charge is -2.53. The number of hydrogen-bond donors (Lipinski definition) is 3. The normalized spacial score (nSPS) is 29.1. The molecule has 4 fully saturated rings. The first-order chi connectivity index (χ1) is 18.4. The summed E-state index contributed by atoms with van der Waals surface area (Å²) < 4.78 is 6.16. The van der Waals surface area contributed by atoms with Crippen molar-refractivity contribution in [2.45, 2.75) is 76.0 Å². The molecule has 5 aliphatic carbocycles. The van der Waals surface area contributed by atoms with E-state index in [4.69, 9.17) is 4.74 Å². The summed E-state index contributed by atoms with van der Waals surface area (Å²) in [5, 5.41) is 7.40. The molecule has 0 saturated heterocycles. The summed E-state index contributed by atoms with van der Waals surface area (Å²) >= 11 is 0. The molecule has 0 spiro atoms. The predicted octanol–water partition coefficient (Wildman–Crippen LogP) is 5.30. The summed E-state index contributed by atoms with van der Waals surface area (Å²) in [7, 11) is 0. The number of para-hydroxylation sites is 1. The van der Waals surface area contributed by atoms with Crippen molar-refractivity contribution in [3.63, 3.8) is 0 Å². The first-order valence-electron chi connectivity index (χ1n) is 14.3. The highest BCUT2D eigenvalue weighted by molar-refractivity contribution is 5.92. The van der Waals surface area contributed by atoms with E-state index >= 15 is 0 Å². The van der Waals surface area contributed by atoms with Crippen molar-refractivity contribution in [3.8, 4) is 0 Å². The number of rotatable bonds is 6. The third-order valence-corrected chi connectivity index (χ3v) is 9.87. The van der Waals surface area contributed by atoms with Crippen molar-refractivity contribution in [2.75, 3.05) is 0 Å². The molecule has 8 rings (SSSR count). The van der Waals surface area contributed by atoms with E-state index in [2.05, 4.69) is 33.8 Å². The van der Waals surface area contributed by atoms with E-state index in [0.717, 1.165) is 41.1 Å². The average molecular weight is 512 g/mol. The molecule has 0 radical (unpaired) electrons. The second-order valence-corrected chi connectivity index (χ2v) is 12.6. The Labute approximate surface area is 223 Å². The van der Waals surface area contributed by atoms with Crippen LogP contribution in [0.2, 0.25) is 0 Å². The Morgan fingerprint density at radius 3 is 2.24 bits per heavy atom. The maximum absolute atomic E-state index is 13.9. The van der Waals surface area contributed by atoms with Crippen LogP contribution in [0.1, 0.15) is 55.7 Å². The summed E-state index contributed by atoms with van der Waals surface area (Å²) in [4.78, 5) is 30.7. The Hall–Kier alpha value is -3.28. The number of aromatic amines is 1. The standard InChI is InChI=1S/C32H37N3O3/c1-32(17-25-18-33-28-9-5-4-8-27(25)28,30(36)34-26-15-21-6-2-3-7-22(21)16-26)35-31(37)38-29-23-11-19-10-20(13-23)14-24(29)12-19/h2-9,18-20,23-24,26,29,33H,10-17H2,1H3,(H,34,36)(H,35,37). The fourth-order valence-corrected chi connectivity index (χ4v) is 8.29. The molecular weight excluding hydrogens is 474 g/mol. The molecule has 3 N–H and O–H groups in total. The van der Waals surface area contributed by atoms with Crippen LogP contribution in [0.15, 0.2) is 54.7 Å². The zero-order chi connectivity index (χ0) is 25.9. The SMILES string of the molecule is CC(Cc1c[nH]c2ccccc12)(NC(=O)OC1C2CC3CC(C2)CC1C3)C(=O)NC1Cc2ccccc2C1. The fraction of sp³-hybridized carbons (Fsp3) is 0.500. The molecule has 1 heterocycles.